The Hall–Kier alpha value is -1.78. The zero-order chi connectivity index (χ0) is 13.8. The van der Waals surface area contributed by atoms with Gasteiger partial charge in [0, 0.05) is 0 Å². The maximum Gasteiger partial charge on any atom is 0.488 e. The minimum absolute atomic E-state index is 0.502. The number of hydrogen-bond donors (Lipinski definition) is 2. The molecule has 0 unspecified atom stereocenters. The van der Waals surface area contributed by atoms with E-state index >= 15 is 0 Å². The van der Waals surface area contributed by atoms with Crippen LogP contribution in [0.2, 0.25) is 0 Å². The summed E-state index contributed by atoms with van der Waals surface area (Å²) in [7, 11) is -1.44. The van der Waals surface area contributed by atoms with Crippen LogP contribution in [0.4, 0.5) is 0 Å². The number of rotatable bonds is 4. The highest BCUT2D eigenvalue weighted by atomic mass is 16.5. The highest BCUT2D eigenvalue weighted by Gasteiger charge is 2.16. The van der Waals surface area contributed by atoms with Crippen molar-refractivity contribution in [3.8, 4) is 5.75 Å². The molecule has 0 bridgehead atoms. The molecule has 2 aromatic carbocycles. The fourth-order valence-corrected chi connectivity index (χ4v) is 1.99. The maximum absolute atomic E-state index is 9.24. The third-order valence-corrected chi connectivity index (χ3v) is 3.29. The summed E-state index contributed by atoms with van der Waals surface area (Å²) < 4.78 is 5.78. The largest absolute Gasteiger partial charge is 0.489 e. The second-order valence-electron chi connectivity index (χ2n) is 4.55. The van der Waals surface area contributed by atoms with Crippen molar-refractivity contribution in [2.45, 2.75) is 20.5 Å². The quantitative estimate of drug-likeness (QED) is 0.816. The van der Waals surface area contributed by atoms with Crippen molar-refractivity contribution in [2.75, 3.05) is 0 Å². The highest BCUT2D eigenvalue weighted by Crippen LogP contribution is 2.21. The van der Waals surface area contributed by atoms with E-state index in [0.29, 0.717) is 12.1 Å². The Labute approximate surface area is 113 Å². The van der Waals surface area contributed by atoms with E-state index in [-0.39, 0.29) is 0 Å². The van der Waals surface area contributed by atoms with Crippen LogP contribution in [0.3, 0.4) is 0 Å². The molecule has 0 heterocycles. The van der Waals surface area contributed by atoms with Crippen LogP contribution in [0.5, 0.6) is 5.75 Å². The van der Waals surface area contributed by atoms with Crippen molar-refractivity contribution in [2.24, 2.45) is 0 Å². The first-order chi connectivity index (χ1) is 9.09. The van der Waals surface area contributed by atoms with Crippen molar-refractivity contribution < 1.29 is 14.8 Å². The molecule has 0 saturated carbocycles. The van der Waals surface area contributed by atoms with Gasteiger partial charge in [-0.25, -0.2) is 0 Å². The molecular formula is C15H17BO3. The van der Waals surface area contributed by atoms with Gasteiger partial charge in [0.15, 0.2) is 0 Å². The van der Waals surface area contributed by atoms with E-state index in [9.17, 15) is 10.0 Å². The van der Waals surface area contributed by atoms with Crippen LogP contribution in [0.25, 0.3) is 0 Å². The first kappa shape index (κ1) is 13.7. The zero-order valence-electron chi connectivity index (χ0n) is 11.1. The fraction of sp³-hybridized carbons (Fsp3) is 0.200. The SMILES string of the molecule is Cc1c(OCc2ccccc2)ccc(B(O)O)c1C. The maximum atomic E-state index is 9.24. The fourth-order valence-electron chi connectivity index (χ4n) is 1.99. The van der Waals surface area contributed by atoms with Crippen LogP contribution >= 0.6 is 0 Å². The van der Waals surface area contributed by atoms with Crippen molar-refractivity contribution in [3.05, 3.63) is 59.2 Å². The lowest BCUT2D eigenvalue weighted by atomic mass is 9.76. The van der Waals surface area contributed by atoms with Crippen molar-refractivity contribution in [3.63, 3.8) is 0 Å². The van der Waals surface area contributed by atoms with Crippen LogP contribution < -0.4 is 10.2 Å². The average Bonchev–Trinajstić information content (AvgIpc) is 2.41. The van der Waals surface area contributed by atoms with Gasteiger partial charge in [0.1, 0.15) is 12.4 Å². The Morgan fingerprint density at radius 3 is 2.26 bits per heavy atom. The van der Waals surface area contributed by atoms with E-state index in [1.165, 1.54) is 0 Å². The smallest absolute Gasteiger partial charge is 0.488 e. The molecule has 0 aliphatic heterocycles. The molecule has 0 spiro atoms. The lowest BCUT2D eigenvalue weighted by molar-refractivity contribution is 0.304. The Kier molecular flexibility index (Phi) is 4.25. The van der Waals surface area contributed by atoms with E-state index in [1.54, 1.807) is 12.1 Å². The Morgan fingerprint density at radius 2 is 1.63 bits per heavy atom. The molecule has 98 valence electrons. The van der Waals surface area contributed by atoms with Crippen LogP contribution in [0.15, 0.2) is 42.5 Å². The summed E-state index contributed by atoms with van der Waals surface area (Å²) >= 11 is 0. The second kappa shape index (κ2) is 5.91. The van der Waals surface area contributed by atoms with E-state index in [1.807, 2.05) is 44.2 Å². The molecule has 0 radical (unpaired) electrons. The van der Waals surface area contributed by atoms with Crippen LogP contribution in [0, 0.1) is 13.8 Å². The van der Waals surface area contributed by atoms with Gasteiger partial charge < -0.3 is 14.8 Å². The molecule has 0 aliphatic rings. The second-order valence-corrected chi connectivity index (χ2v) is 4.55. The van der Waals surface area contributed by atoms with E-state index in [0.717, 1.165) is 22.4 Å². The van der Waals surface area contributed by atoms with Gasteiger partial charge in [-0.2, -0.15) is 0 Å². The molecule has 19 heavy (non-hydrogen) atoms. The minimum Gasteiger partial charge on any atom is -0.489 e. The van der Waals surface area contributed by atoms with E-state index < -0.39 is 7.12 Å². The summed E-state index contributed by atoms with van der Waals surface area (Å²) in [4.78, 5) is 0. The number of hydrogen-bond acceptors (Lipinski definition) is 3. The molecule has 2 aromatic rings. The molecule has 2 N–H and O–H groups in total. The van der Waals surface area contributed by atoms with Gasteiger partial charge in [-0.1, -0.05) is 36.4 Å². The Balaban J connectivity index is 2.16. The molecule has 0 aromatic heterocycles. The lowest BCUT2D eigenvalue weighted by Crippen LogP contribution is -2.32. The zero-order valence-corrected chi connectivity index (χ0v) is 11.1. The van der Waals surface area contributed by atoms with Gasteiger partial charge in [0.25, 0.3) is 0 Å². The van der Waals surface area contributed by atoms with E-state index in [2.05, 4.69) is 0 Å². The lowest BCUT2D eigenvalue weighted by Gasteiger charge is -2.14. The monoisotopic (exact) mass is 256 g/mol. The predicted octanol–water partition coefficient (Wildman–Crippen LogP) is 1.56. The third kappa shape index (κ3) is 3.16. The molecule has 0 fully saturated rings. The molecule has 4 heteroatoms. The molecule has 0 atom stereocenters. The van der Waals surface area contributed by atoms with Crippen molar-refractivity contribution in [1.82, 2.24) is 0 Å². The van der Waals surface area contributed by atoms with Crippen molar-refractivity contribution >= 4 is 12.6 Å². The minimum atomic E-state index is -1.44. The summed E-state index contributed by atoms with van der Waals surface area (Å²) in [6.45, 7) is 4.28. The molecule has 0 amide bonds. The van der Waals surface area contributed by atoms with Crippen LogP contribution in [-0.2, 0) is 6.61 Å². The first-order valence-corrected chi connectivity index (χ1v) is 6.22. The van der Waals surface area contributed by atoms with Gasteiger partial charge in [-0.3, -0.25) is 0 Å². The van der Waals surface area contributed by atoms with Crippen LogP contribution in [0.1, 0.15) is 16.7 Å². The van der Waals surface area contributed by atoms with Gasteiger partial charge in [0.2, 0.25) is 0 Å². The normalized spacial score (nSPS) is 10.3. The summed E-state index contributed by atoms with van der Waals surface area (Å²) in [5.74, 6) is 0.769. The summed E-state index contributed by atoms with van der Waals surface area (Å²) in [5.41, 5.74) is 3.40. The standard InChI is InChI=1S/C15H17BO3/c1-11-12(2)15(9-8-14(11)16(17)18)19-10-13-6-4-3-5-7-13/h3-9,17-18H,10H2,1-2H3. The first-order valence-electron chi connectivity index (χ1n) is 6.22. The summed E-state index contributed by atoms with van der Waals surface area (Å²) in [6.07, 6.45) is 0. The number of ether oxygens (including phenoxy) is 1. The Bertz CT molecular complexity index is 553. The van der Waals surface area contributed by atoms with Gasteiger partial charge in [-0.05, 0) is 42.1 Å². The predicted molar refractivity (Wildman–Crippen MR) is 76.5 cm³/mol. The molecule has 2 rings (SSSR count). The average molecular weight is 256 g/mol. The molecule has 0 aliphatic carbocycles. The Morgan fingerprint density at radius 1 is 0.947 bits per heavy atom. The topological polar surface area (TPSA) is 49.7 Å². The summed E-state index contributed by atoms with van der Waals surface area (Å²) in [5, 5.41) is 18.5. The van der Waals surface area contributed by atoms with E-state index in [4.69, 9.17) is 4.74 Å². The number of benzene rings is 2. The third-order valence-electron chi connectivity index (χ3n) is 3.29. The summed E-state index contributed by atoms with van der Waals surface area (Å²) in [6, 6.07) is 13.4. The van der Waals surface area contributed by atoms with Gasteiger partial charge in [0.05, 0.1) is 0 Å². The van der Waals surface area contributed by atoms with Crippen molar-refractivity contribution in [1.29, 1.82) is 0 Å². The van der Waals surface area contributed by atoms with Crippen LogP contribution in [-0.4, -0.2) is 17.2 Å². The van der Waals surface area contributed by atoms with Gasteiger partial charge in [-0.15, -0.1) is 0 Å². The molecule has 3 nitrogen and oxygen atoms in total. The molecule has 0 saturated heterocycles. The van der Waals surface area contributed by atoms with Gasteiger partial charge >= 0.3 is 7.12 Å². The molecular weight excluding hydrogens is 239 g/mol. The highest BCUT2D eigenvalue weighted by molar-refractivity contribution is 6.59.